The number of thioether (sulfide) groups is 1. The van der Waals surface area contributed by atoms with E-state index in [9.17, 15) is 0 Å². The van der Waals surface area contributed by atoms with Gasteiger partial charge in [-0.1, -0.05) is 58.9 Å². The summed E-state index contributed by atoms with van der Waals surface area (Å²) >= 11 is 7.90. The first kappa shape index (κ1) is 20.6. The molecule has 4 aromatic rings. The molecule has 0 atom stereocenters. The largest absolute Gasteiger partial charge is 0.385 e. The number of benzene rings is 2. The predicted molar refractivity (Wildman–Crippen MR) is 116 cm³/mol. The van der Waals surface area contributed by atoms with Gasteiger partial charge in [-0.2, -0.15) is 4.98 Å². The minimum Gasteiger partial charge on any atom is -0.385 e. The third kappa shape index (κ3) is 4.72. The summed E-state index contributed by atoms with van der Waals surface area (Å²) in [6.45, 7) is 1.36. The molecule has 4 rings (SSSR count). The quantitative estimate of drug-likeness (QED) is 0.268. The third-order valence-corrected chi connectivity index (χ3v) is 5.67. The Morgan fingerprint density at radius 1 is 1.07 bits per heavy atom. The van der Waals surface area contributed by atoms with Gasteiger partial charge in [-0.25, -0.2) is 0 Å². The lowest BCUT2D eigenvalue weighted by molar-refractivity contribution is 0.189. The molecular weight excluding hydrogens is 422 g/mol. The highest BCUT2D eigenvalue weighted by Crippen LogP contribution is 2.30. The molecule has 0 radical (unpaired) electrons. The highest BCUT2D eigenvalue weighted by Gasteiger charge is 2.17. The normalized spacial score (nSPS) is 11.1. The van der Waals surface area contributed by atoms with Crippen molar-refractivity contribution in [1.29, 1.82) is 0 Å². The zero-order chi connectivity index (χ0) is 20.8. The summed E-state index contributed by atoms with van der Waals surface area (Å²) in [7, 11) is 1.69. The van der Waals surface area contributed by atoms with E-state index in [-0.39, 0.29) is 0 Å². The summed E-state index contributed by atoms with van der Waals surface area (Å²) in [6, 6.07) is 17.3. The van der Waals surface area contributed by atoms with Crippen LogP contribution in [0.15, 0.2) is 64.3 Å². The molecule has 30 heavy (non-hydrogen) atoms. The van der Waals surface area contributed by atoms with E-state index in [0.717, 1.165) is 28.5 Å². The Bertz CT molecular complexity index is 1100. The number of nitrogens with zero attached hydrogens (tertiary/aromatic N) is 5. The van der Waals surface area contributed by atoms with E-state index in [0.29, 0.717) is 35.6 Å². The van der Waals surface area contributed by atoms with Gasteiger partial charge in [-0.15, -0.1) is 10.2 Å². The van der Waals surface area contributed by atoms with Gasteiger partial charge >= 0.3 is 0 Å². The molecule has 0 saturated heterocycles. The molecule has 0 bridgehead atoms. The minimum absolute atomic E-state index is 0.504. The van der Waals surface area contributed by atoms with Gasteiger partial charge in [0.05, 0.1) is 10.8 Å². The van der Waals surface area contributed by atoms with E-state index in [1.165, 1.54) is 11.8 Å². The fraction of sp³-hybridized carbons (Fsp3) is 0.238. The van der Waals surface area contributed by atoms with Crippen LogP contribution in [0, 0.1) is 0 Å². The van der Waals surface area contributed by atoms with Crippen molar-refractivity contribution >= 4 is 23.4 Å². The molecular formula is C21H20ClN5O2S. The summed E-state index contributed by atoms with van der Waals surface area (Å²) < 4.78 is 12.7. The summed E-state index contributed by atoms with van der Waals surface area (Å²) in [6.07, 6.45) is 0.833. The predicted octanol–water partition coefficient (Wildman–Crippen LogP) is 4.98. The second kappa shape index (κ2) is 9.88. The first-order chi connectivity index (χ1) is 14.8. The second-order valence-electron chi connectivity index (χ2n) is 6.45. The fourth-order valence-electron chi connectivity index (χ4n) is 2.95. The van der Waals surface area contributed by atoms with Crippen LogP contribution in [-0.2, 0) is 17.0 Å². The van der Waals surface area contributed by atoms with E-state index in [4.69, 9.17) is 20.9 Å². The van der Waals surface area contributed by atoms with E-state index in [1.807, 2.05) is 54.6 Å². The van der Waals surface area contributed by atoms with E-state index >= 15 is 0 Å². The molecule has 154 valence electrons. The molecule has 2 aromatic carbocycles. The molecule has 0 aliphatic carbocycles. The van der Waals surface area contributed by atoms with Crippen LogP contribution in [0.1, 0.15) is 12.2 Å². The van der Waals surface area contributed by atoms with Gasteiger partial charge in [0.2, 0.25) is 0 Å². The Labute approximate surface area is 183 Å². The van der Waals surface area contributed by atoms with Gasteiger partial charge < -0.3 is 13.8 Å². The second-order valence-corrected chi connectivity index (χ2v) is 7.80. The van der Waals surface area contributed by atoms with Crippen LogP contribution in [0.5, 0.6) is 0 Å². The van der Waals surface area contributed by atoms with Crippen molar-refractivity contribution < 1.29 is 9.26 Å². The van der Waals surface area contributed by atoms with Gasteiger partial charge in [0.1, 0.15) is 0 Å². The average Bonchev–Trinajstić information content (AvgIpc) is 3.41. The molecule has 0 spiro atoms. The summed E-state index contributed by atoms with van der Waals surface area (Å²) in [5.74, 6) is 2.35. The number of methoxy groups -OCH3 is 1. The molecule has 9 heteroatoms. The molecule has 2 aromatic heterocycles. The summed E-state index contributed by atoms with van der Waals surface area (Å²) in [5.41, 5.74) is 1.74. The van der Waals surface area contributed by atoms with E-state index in [1.54, 1.807) is 7.11 Å². The Morgan fingerprint density at radius 3 is 2.67 bits per heavy atom. The van der Waals surface area contributed by atoms with Crippen LogP contribution in [0.3, 0.4) is 0 Å². The zero-order valence-electron chi connectivity index (χ0n) is 16.4. The highest BCUT2D eigenvalue weighted by molar-refractivity contribution is 7.98. The third-order valence-electron chi connectivity index (χ3n) is 4.38. The lowest BCUT2D eigenvalue weighted by Gasteiger charge is -2.10. The number of hydrogen-bond donors (Lipinski definition) is 0. The molecule has 0 N–H and O–H groups in total. The van der Waals surface area contributed by atoms with Crippen molar-refractivity contribution in [3.05, 3.63) is 65.4 Å². The molecule has 0 aliphatic heterocycles. The van der Waals surface area contributed by atoms with Crippen LogP contribution >= 0.6 is 23.4 Å². The Hall–Kier alpha value is -2.68. The maximum absolute atomic E-state index is 6.39. The van der Waals surface area contributed by atoms with E-state index < -0.39 is 0 Å². The van der Waals surface area contributed by atoms with Crippen molar-refractivity contribution in [2.75, 3.05) is 13.7 Å². The van der Waals surface area contributed by atoms with Gasteiger partial charge in [0.15, 0.2) is 16.8 Å². The topological polar surface area (TPSA) is 78.9 Å². The molecule has 0 saturated carbocycles. The maximum atomic E-state index is 6.39. The van der Waals surface area contributed by atoms with Crippen molar-refractivity contribution in [2.45, 2.75) is 23.9 Å². The van der Waals surface area contributed by atoms with Crippen molar-refractivity contribution in [3.8, 4) is 22.8 Å². The van der Waals surface area contributed by atoms with Crippen molar-refractivity contribution in [2.24, 2.45) is 0 Å². The molecule has 0 unspecified atom stereocenters. The smallest absolute Gasteiger partial charge is 0.257 e. The number of rotatable bonds is 9. The first-order valence-electron chi connectivity index (χ1n) is 9.44. The molecule has 0 fully saturated rings. The van der Waals surface area contributed by atoms with Crippen LogP contribution in [0.4, 0.5) is 0 Å². The van der Waals surface area contributed by atoms with Gasteiger partial charge in [0.25, 0.3) is 5.89 Å². The maximum Gasteiger partial charge on any atom is 0.257 e. The lowest BCUT2D eigenvalue weighted by Crippen LogP contribution is -2.05. The highest BCUT2D eigenvalue weighted by atomic mass is 35.5. The fourth-order valence-corrected chi connectivity index (χ4v) is 3.97. The van der Waals surface area contributed by atoms with Crippen LogP contribution < -0.4 is 0 Å². The Kier molecular flexibility index (Phi) is 6.78. The number of hydrogen-bond acceptors (Lipinski definition) is 7. The van der Waals surface area contributed by atoms with Gasteiger partial charge in [0, 0.05) is 31.4 Å². The summed E-state index contributed by atoms with van der Waals surface area (Å²) in [4.78, 5) is 4.48. The molecule has 0 amide bonds. The lowest BCUT2D eigenvalue weighted by atomic mass is 10.2. The van der Waals surface area contributed by atoms with Crippen molar-refractivity contribution in [3.63, 3.8) is 0 Å². The Balaban J connectivity index is 1.54. The average molecular weight is 442 g/mol. The van der Waals surface area contributed by atoms with Crippen LogP contribution in [0.25, 0.3) is 22.8 Å². The standard InChI is InChI=1S/C21H20ClN5O2S/c1-28-13-7-12-27-19(16-10-5-6-11-17(16)22)24-25-21(27)30-14-18-23-20(29-26-18)15-8-3-2-4-9-15/h2-6,8-11H,7,12-14H2,1H3. The van der Waals surface area contributed by atoms with Gasteiger partial charge in [-0.3, -0.25) is 0 Å². The van der Waals surface area contributed by atoms with Gasteiger partial charge in [-0.05, 0) is 30.7 Å². The number of ether oxygens (including phenoxy) is 1. The minimum atomic E-state index is 0.504. The summed E-state index contributed by atoms with van der Waals surface area (Å²) in [5, 5.41) is 14.3. The molecule has 0 aliphatic rings. The van der Waals surface area contributed by atoms with Crippen LogP contribution in [-0.4, -0.2) is 38.6 Å². The molecule has 7 nitrogen and oxygen atoms in total. The molecule has 2 heterocycles. The van der Waals surface area contributed by atoms with Crippen molar-refractivity contribution in [1.82, 2.24) is 24.9 Å². The number of aromatic nitrogens is 5. The van der Waals surface area contributed by atoms with Crippen LogP contribution in [0.2, 0.25) is 5.02 Å². The Morgan fingerprint density at radius 2 is 1.87 bits per heavy atom. The van der Waals surface area contributed by atoms with E-state index in [2.05, 4.69) is 24.9 Å². The zero-order valence-corrected chi connectivity index (χ0v) is 17.9. The first-order valence-corrected chi connectivity index (χ1v) is 10.8. The number of halogens is 1. The monoisotopic (exact) mass is 441 g/mol. The SMILES string of the molecule is COCCCn1c(SCc2noc(-c3ccccc3)n2)nnc1-c1ccccc1Cl.